The van der Waals surface area contributed by atoms with Crippen LogP contribution in [0.25, 0.3) is 0 Å². The molecule has 2 atom stereocenters. The molecule has 0 saturated carbocycles. The maximum absolute atomic E-state index is 12.6. The van der Waals surface area contributed by atoms with Crippen LogP contribution in [0.4, 0.5) is 0 Å². The van der Waals surface area contributed by atoms with Gasteiger partial charge in [-0.1, -0.05) is 41.7 Å². The van der Waals surface area contributed by atoms with Gasteiger partial charge in [-0.3, -0.25) is 4.79 Å². The molecule has 11 heteroatoms. The normalized spacial score (nSPS) is 13.6. The highest BCUT2D eigenvalue weighted by Crippen LogP contribution is 2.15. The number of aryl methyl sites for hydroxylation is 1. The molecule has 0 radical (unpaired) electrons. The predicted octanol–water partition coefficient (Wildman–Crippen LogP) is 0.414. The summed E-state index contributed by atoms with van der Waals surface area (Å²) in [7, 11) is -2.85. The van der Waals surface area contributed by atoms with Gasteiger partial charge in [0.15, 0.2) is 0 Å². The lowest BCUT2D eigenvalue weighted by molar-refractivity contribution is -0.144. The van der Waals surface area contributed by atoms with Crippen molar-refractivity contribution in [3.05, 3.63) is 40.9 Å². The van der Waals surface area contributed by atoms with Gasteiger partial charge in [0, 0.05) is 0 Å². The van der Waals surface area contributed by atoms with Crippen molar-refractivity contribution in [2.45, 2.75) is 36.7 Å². The molecule has 2 N–H and O–H groups in total. The molecule has 0 fully saturated rings. The van der Waals surface area contributed by atoms with E-state index >= 15 is 0 Å². The molecule has 2 aromatic rings. The number of amides is 1. The number of aromatic nitrogens is 2. The van der Waals surface area contributed by atoms with E-state index < -0.39 is 34.0 Å². The molecule has 1 heterocycles. The summed E-state index contributed by atoms with van der Waals surface area (Å²) in [5.41, 5.74) is 0.750. The van der Waals surface area contributed by atoms with E-state index in [0.29, 0.717) is 5.01 Å². The van der Waals surface area contributed by atoms with Crippen LogP contribution in [-0.4, -0.2) is 49.7 Å². The number of nitrogens with one attached hydrogen (secondary N) is 2. The van der Waals surface area contributed by atoms with E-state index in [1.165, 1.54) is 14.0 Å². The number of carbonyl (C=O) groups is 2. The number of esters is 1. The third kappa shape index (κ3) is 5.81. The number of methoxy groups -OCH3 is 1. The third-order valence-corrected chi connectivity index (χ3v) is 6.23. The number of ether oxygens (including phenoxy) is 1. The van der Waals surface area contributed by atoms with Crippen LogP contribution in [-0.2, 0) is 30.8 Å². The van der Waals surface area contributed by atoms with Gasteiger partial charge >= 0.3 is 5.97 Å². The summed E-state index contributed by atoms with van der Waals surface area (Å²) >= 11 is 0.899. The minimum atomic E-state index is -4.05. The summed E-state index contributed by atoms with van der Waals surface area (Å²) in [5.74, 6) is -1.29. The summed E-state index contributed by atoms with van der Waals surface area (Å²) in [5, 5.41) is 10.3. The number of hydrogen-bond donors (Lipinski definition) is 2. The number of benzene rings is 1. The number of nitrogens with zero attached hydrogens (tertiary/aromatic N) is 2. The van der Waals surface area contributed by atoms with Gasteiger partial charge in [-0.2, -0.15) is 4.72 Å². The summed E-state index contributed by atoms with van der Waals surface area (Å²) in [6, 6.07) is 6.85. The topological polar surface area (TPSA) is 127 Å². The van der Waals surface area contributed by atoms with Crippen LogP contribution in [0, 0.1) is 6.92 Å². The summed E-state index contributed by atoms with van der Waals surface area (Å²) in [6.45, 7) is 3.08. The summed E-state index contributed by atoms with van der Waals surface area (Å²) in [6.07, 6.45) is 0.0948. The fourth-order valence-corrected chi connectivity index (χ4v) is 4.39. The Labute approximate surface area is 161 Å². The molecule has 0 bridgehead atoms. The minimum absolute atomic E-state index is 0.0948. The highest BCUT2D eigenvalue weighted by Gasteiger charge is 2.30. The van der Waals surface area contributed by atoms with Gasteiger partial charge in [0.05, 0.1) is 7.11 Å². The molecular formula is C16H20N4O5S2. The Balaban J connectivity index is 2.23. The van der Waals surface area contributed by atoms with E-state index in [-0.39, 0.29) is 10.8 Å². The lowest BCUT2D eigenvalue weighted by atomic mass is 10.1. The number of carbonyl (C=O) groups excluding carboxylic acids is 2. The van der Waals surface area contributed by atoms with Crippen molar-refractivity contribution in [3.63, 3.8) is 0 Å². The fourth-order valence-electron chi connectivity index (χ4n) is 2.21. The molecule has 27 heavy (non-hydrogen) atoms. The first-order chi connectivity index (χ1) is 12.7. The zero-order valence-corrected chi connectivity index (χ0v) is 16.6. The molecule has 0 aliphatic heterocycles. The first-order valence-corrected chi connectivity index (χ1v) is 10.3. The lowest BCUT2D eigenvalue weighted by Crippen LogP contribution is -2.51. The molecule has 0 aliphatic carbocycles. The van der Waals surface area contributed by atoms with Gasteiger partial charge in [0.2, 0.25) is 10.2 Å². The van der Waals surface area contributed by atoms with Crippen molar-refractivity contribution in [3.8, 4) is 0 Å². The van der Waals surface area contributed by atoms with Crippen molar-refractivity contribution < 1.29 is 22.7 Å². The van der Waals surface area contributed by atoms with Crippen molar-refractivity contribution in [2.75, 3.05) is 7.11 Å². The molecule has 0 aliphatic rings. The van der Waals surface area contributed by atoms with Crippen molar-refractivity contribution >= 4 is 33.2 Å². The largest absolute Gasteiger partial charge is 0.467 e. The Bertz CT molecular complexity index is 899. The van der Waals surface area contributed by atoms with Crippen LogP contribution >= 0.6 is 11.3 Å². The number of hydrogen-bond acceptors (Lipinski definition) is 8. The molecule has 1 aromatic carbocycles. The van der Waals surface area contributed by atoms with Crippen LogP contribution in [0.15, 0.2) is 34.7 Å². The van der Waals surface area contributed by atoms with E-state index in [4.69, 9.17) is 0 Å². The van der Waals surface area contributed by atoms with Crippen molar-refractivity contribution in [1.29, 1.82) is 0 Å². The molecule has 1 aromatic heterocycles. The predicted molar refractivity (Wildman–Crippen MR) is 98.5 cm³/mol. The molecule has 0 unspecified atom stereocenters. The van der Waals surface area contributed by atoms with E-state index in [0.717, 1.165) is 16.9 Å². The summed E-state index contributed by atoms with van der Waals surface area (Å²) in [4.78, 5) is 24.2. The fraction of sp³-hybridized carbons (Fsp3) is 0.375. The smallest absolute Gasteiger partial charge is 0.328 e. The highest BCUT2D eigenvalue weighted by atomic mass is 32.2. The van der Waals surface area contributed by atoms with Gasteiger partial charge in [0.1, 0.15) is 17.1 Å². The highest BCUT2D eigenvalue weighted by molar-refractivity contribution is 7.91. The Morgan fingerprint density at radius 2 is 1.89 bits per heavy atom. The first-order valence-electron chi connectivity index (χ1n) is 7.97. The maximum Gasteiger partial charge on any atom is 0.328 e. The van der Waals surface area contributed by atoms with Crippen molar-refractivity contribution in [2.24, 2.45) is 0 Å². The molecule has 1 amide bonds. The van der Waals surface area contributed by atoms with E-state index in [9.17, 15) is 18.0 Å². The second-order valence-corrected chi connectivity index (χ2v) is 8.77. The average Bonchev–Trinajstić information content (AvgIpc) is 3.08. The first kappa shape index (κ1) is 20.9. The van der Waals surface area contributed by atoms with E-state index in [1.807, 2.05) is 6.07 Å². The molecule has 0 spiro atoms. The monoisotopic (exact) mass is 412 g/mol. The second-order valence-electron chi connectivity index (χ2n) is 5.70. The van der Waals surface area contributed by atoms with Gasteiger partial charge in [0.25, 0.3) is 10.0 Å². The molecular weight excluding hydrogens is 392 g/mol. The van der Waals surface area contributed by atoms with Gasteiger partial charge in [-0.05, 0) is 25.8 Å². The van der Waals surface area contributed by atoms with Crippen LogP contribution in [0.2, 0.25) is 0 Å². The third-order valence-electron chi connectivity index (χ3n) is 3.55. The van der Waals surface area contributed by atoms with E-state index in [1.54, 1.807) is 31.2 Å². The SMILES string of the molecule is COC(=O)[C@H](C)NC(=O)[C@H](Cc1ccccc1)NS(=O)(=O)c1nnc(C)s1. The standard InChI is InChI=1S/C16H20N4O5S2/c1-10(15(22)25-3)17-14(21)13(9-12-7-5-4-6-8-12)20-27(23,24)16-19-18-11(2)26-16/h4-8,10,13,20H,9H2,1-3H3,(H,17,21)/t10-,13-/m0/s1. The Kier molecular flexibility index (Phi) is 6.99. The molecule has 146 valence electrons. The quantitative estimate of drug-likeness (QED) is 0.601. The van der Waals surface area contributed by atoms with Gasteiger partial charge in [-0.25, -0.2) is 13.2 Å². The lowest BCUT2D eigenvalue weighted by Gasteiger charge is -2.20. The van der Waals surface area contributed by atoms with Crippen LogP contribution in [0.5, 0.6) is 0 Å². The Hall–Kier alpha value is -2.37. The van der Waals surface area contributed by atoms with Crippen LogP contribution < -0.4 is 10.0 Å². The van der Waals surface area contributed by atoms with Crippen LogP contribution in [0.1, 0.15) is 17.5 Å². The second kappa shape index (κ2) is 9.02. The Morgan fingerprint density at radius 1 is 1.22 bits per heavy atom. The molecule has 2 rings (SSSR count). The summed E-state index contributed by atoms with van der Waals surface area (Å²) < 4.78 is 31.8. The Morgan fingerprint density at radius 3 is 2.44 bits per heavy atom. The van der Waals surface area contributed by atoms with Crippen molar-refractivity contribution in [1.82, 2.24) is 20.2 Å². The van der Waals surface area contributed by atoms with Gasteiger partial charge in [-0.15, -0.1) is 10.2 Å². The zero-order valence-electron chi connectivity index (χ0n) is 15.0. The molecule has 0 saturated heterocycles. The molecule has 9 nitrogen and oxygen atoms in total. The average molecular weight is 412 g/mol. The number of sulfonamides is 1. The van der Waals surface area contributed by atoms with Gasteiger partial charge < -0.3 is 10.1 Å². The minimum Gasteiger partial charge on any atom is -0.467 e. The number of rotatable bonds is 8. The zero-order chi connectivity index (χ0) is 20.0. The maximum atomic E-state index is 12.6. The van der Waals surface area contributed by atoms with E-state index in [2.05, 4.69) is 25.0 Å². The van der Waals surface area contributed by atoms with Crippen LogP contribution in [0.3, 0.4) is 0 Å².